The van der Waals surface area contributed by atoms with E-state index in [1.165, 1.54) is 44.1 Å². The monoisotopic (exact) mass is 682 g/mol. The summed E-state index contributed by atoms with van der Waals surface area (Å²) in [7, 11) is 0. The third-order valence-corrected chi connectivity index (χ3v) is 11.2. The molecule has 7 aromatic carbocycles. The van der Waals surface area contributed by atoms with Gasteiger partial charge >= 0.3 is 0 Å². The van der Waals surface area contributed by atoms with Crippen molar-refractivity contribution in [1.82, 2.24) is 9.88 Å². The van der Waals surface area contributed by atoms with Gasteiger partial charge in [0.05, 0.1) is 11.0 Å². The van der Waals surface area contributed by atoms with Crippen molar-refractivity contribution in [3.63, 3.8) is 0 Å². The molecule has 11 rings (SSSR count). The van der Waals surface area contributed by atoms with Crippen molar-refractivity contribution in [2.75, 3.05) is 0 Å². The zero-order valence-electron chi connectivity index (χ0n) is 29.3. The molecule has 9 aromatic rings. The van der Waals surface area contributed by atoms with Gasteiger partial charge in [-0.1, -0.05) is 135 Å². The number of para-hydroxylation sites is 2. The molecule has 5 heteroatoms. The van der Waals surface area contributed by atoms with Gasteiger partial charge in [-0.25, -0.2) is 9.98 Å². The maximum atomic E-state index is 6.26. The summed E-state index contributed by atoms with van der Waals surface area (Å²) in [6, 6.07) is 55.9. The third kappa shape index (κ3) is 4.44. The molecule has 5 nitrogen and oxygen atoms in total. The first-order valence-corrected chi connectivity index (χ1v) is 18.2. The molecule has 1 atom stereocenters. The molecule has 0 saturated carbocycles. The first kappa shape index (κ1) is 30.0. The van der Waals surface area contributed by atoms with Gasteiger partial charge < -0.3 is 14.3 Å². The zero-order chi connectivity index (χ0) is 35.3. The number of fused-ring (bicyclic) bond motifs is 10. The maximum absolute atomic E-state index is 6.26. The van der Waals surface area contributed by atoms with Crippen LogP contribution in [0, 0.1) is 0 Å². The van der Waals surface area contributed by atoms with Gasteiger partial charge in [0.2, 0.25) is 0 Å². The van der Waals surface area contributed by atoms with E-state index < -0.39 is 6.17 Å². The van der Waals surface area contributed by atoms with E-state index in [9.17, 15) is 0 Å². The summed E-state index contributed by atoms with van der Waals surface area (Å²) in [5.74, 6) is 1.55. The van der Waals surface area contributed by atoms with Crippen LogP contribution in [0.1, 0.15) is 47.8 Å². The number of amidine groups is 2. The maximum Gasteiger partial charge on any atom is 0.169 e. The smallest absolute Gasteiger partial charge is 0.169 e. The molecular weight excluding hydrogens is 649 g/mol. The summed E-state index contributed by atoms with van der Waals surface area (Å²) in [6.45, 7) is 4.73. The van der Waals surface area contributed by atoms with E-state index in [2.05, 4.69) is 145 Å². The number of nitrogens with zero attached hydrogens (tertiary/aromatic N) is 3. The van der Waals surface area contributed by atoms with E-state index in [1.54, 1.807) is 0 Å². The highest BCUT2D eigenvalue weighted by Crippen LogP contribution is 2.52. The molecule has 0 bridgehead atoms. The minimum Gasteiger partial charge on any atom is -0.456 e. The van der Waals surface area contributed by atoms with E-state index in [1.807, 2.05) is 36.4 Å². The number of hydrogen-bond donors (Lipinski definition) is 1. The molecule has 0 spiro atoms. The quantitative estimate of drug-likeness (QED) is 0.201. The lowest BCUT2D eigenvalue weighted by molar-refractivity contribution is 0.664. The minimum atomic E-state index is -0.433. The van der Waals surface area contributed by atoms with E-state index in [0.29, 0.717) is 0 Å². The van der Waals surface area contributed by atoms with Crippen LogP contribution >= 0.6 is 0 Å². The highest BCUT2D eigenvalue weighted by atomic mass is 16.3. The molecule has 1 N–H and O–H groups in total. The average molecular weight is 683 g/mol. The molecule has 1 aliphatic heterocycles. The standard InChI is InChI=1S/C48H34N4O/c1-48(2)39-17-9-6-14-33(39)37-26-27-38-34-15-7-10-18-40(34)52(44(38)43(37)48)32-23-20-30(21-24-32)46-49-45(29-12-4-3-5-13-29)50-47(51-46)31-22-25-36-35-16-8-11-19-41(35)53-42(36)28-31/h3-28,46H,1-2H3,(H,49,50,51). The second-order valence-electron chi connectivity index (χ2n) is 14.6. The summed E-state index contributed by atoms with van der Waals surface area (Å²) in [6.07, 6.45) is -0.433. The fourth-order valence-corrected chi connectivity index (χ4v) is 8.74. The van der Waals surface area contributed by atoms with Crippen molar-refractivity contribution < 1.29 is 4.42 Å². The van der Waals surface area contributed by atoms with E-state index >= 15 is 0 Å². The molecule has 1 unspecified atom stereocenters. The Balaban J connectivity index is 1.05. The van der Waals surface area contributed by atoms with Crippen molar-refractivity contribution in [1.29, 1.82) is 0 Å². The first-order valence-electron chi connectivity index (χ1n) is 18.2. The number of rotatable bonds is 4. The van der Waals surface area contributed by atoms with Crippen LogP contribution in [0.25, 0.3) is 60.6 Å². The Morgan fingerprint density at radius 2 is 1.25 bits per heavy atom. The molecule has 1 aliphatic carbocycles. The van der Waals surface area contributed by atoms with Crippen LogP contribution in [0.15, 0.2) is 172 Å². The Labute approximate surface area is 306 Å². The third-order valence-electron chi connectivity index (χ3n) is 11.2. The SMILES string of the molecule is CC1(C)c2ccccc2-c2ccc3c4ccccc4n(-c4ccc(C5N=C(c6ccccc6)NC(c6ccc7c(c6)oc6ccccc67)=N5)cc4)c3c21. The Kier molecular flexibility index (Phi) is 6.30. The van der Waals surface area contributed by atoms with Gasteiger partial charge in [-0.05, 0) is 64.2 Å². The van der Waals surface area contributed by atoms with Crippen molar-refractivity contribution in [2.24, 2.45) is 9.98 Å². The van der Waals surface area contributed by atoms with Crippen molar-refractivity contribution >= 4 is 55.4 Å². The summed E-state index contributed by atoms with van der Waals surface area (Å²) < 4.78 is 8.72. The van der Waals surface area contributed by atoms with Gasteiger partial charge in [0.1, 0.15) is 22.8 Å². The molecule has 2 aliphatic rings. The van der Waals surface area contributed by atoms with Crippen molar-refractivity contribution in [3.05, 3.63) is 186 Å². The van der Waals surface area contributed by atoms with Gasteiger partial charge in [-0.2, -0.15) is 0 Å². The molecular formula is C48H34N4O. The van der Waals surface area contributed by atoms with Gasteiger partial charge in [0, 0.05) is 43.8 Å². The summed E-state index contributed by atoms with van der Waals surface area (Å²) in [4.78, 5) is 10.4. The fraction of sp³-hybridized carbons (Fsp3) is 0.0833. The molecule has 0 radical (unpaired) electrons. The topological polar surface area (TPSA) is 54.8 Å². The van der Waals surface area contributed by atoms with Crippen molar-refractivity contribution in [3.8, 4) is 16.8 Å². The van der Waals surface area contributed by atoms with Crippen LogP contribution in [0.3, 0.4) is 0 Å². The summed E-state index contributed by atoms with van der Waals surface area (Å²) in [5, 5.41) is 8.28. The zero-order valence-corrected chi connectivity index (χ0v) is 29.3. The fourth-order valence-electron chi connectivity index (χ4n) is 8.74. The first-order chi connectivity index (χ1) is 26.0. The van der Waals surface area contributed by atoms with Gasteiger partial charge in [-0.3, -0.25) is 0 Å². The Morgan fingerprint density at radius 3 is 2.09 bits per heavy atom. The number of aromatic nitrogens is 1. The number of benzene rings is 7. The molecule has 252 valence electrons. The predicted octanol–water partition coefficient (Wildman–Crippen LogP) is 11.5. The lowest BCUT2D eigenvalue weighted by atomic mass is 9.81. The summed E-state index contributed by atoms with van der Waals surface area (Å²) >= 11 is 0. The van der Waals surface area contributed by atoms with Crippen LogP contribution in [0.5, 0.6) is 0 Å². The van der Waals surface area contributed by atoms with E-state index in [0.717, 1.165) is 56.0 Å². The normalized spacial score (nSPS) is 16.1. The van der Waals surface area contributed by atoms with Crippen molar-refractivity contribution in [2.45, 2.75) is 25.4 Å². The lowest BCUT2D eigenvalue weighted by Gasteiger charge is -2.24. The molecule has 2 aromatic heterocycles. The number of hydrogen-bond acceptors (Lipinski definition) is 4. The Bertz CT molecular complexity index is 3000. The van der Waals surface area contributed by atoms with Crippen LogP contribution in [0.4, 0.5) is 0 Å². The molecule has 0 amide bonds. The van der Waals surface area contributed by atoms with Gasteiger partial charge in [0.25, 0.3) is 0 Å². The highest BCUT2D eigenvalue weighted by Gasteiger charge is 2.38. The predicted molar refractivity (Wildman–Crippen MR) is 217 cm³/mol. The number of aliphatic imine (C=N–C) groups is 2. The Morgan fingerprint density at radius 1 is 0.566 bits per heavy atom. The van der Waals surface area contributed by atoms with Crippen LogP contribution in [-0.4, -0.2) is 16.2 Å². The molecule has 53 heavy (non-hydrogen) atoms. The second kappa shape index (κ2) is 11.1. The second-order valence-corrected chi connectivity index (χ2v) is 14.6. The average Bonchev–Trinajstić information content (AvgIpc) is 3.83. The number of furan rings is 1. The van der Waals surface area contributed by atoms with Gasteiger partial charge in [-0.15, -0.1) is 0 Å². The van der Waals surface area contributed by atoms with Crippen LogP contribution < -0.4 is 5.32 Å². The van der Waals surface area contributed by atoms with E-state index in [4.69, 9.17) is 14.4 Å². The summed E-state index contributed by atoms with van der Waals surface area (Å²) in [5.41, 5.74) is 13.5. The lowest BCUT2D eigenvalue weighted by Crippen LogP contribution is -2.36. The van der Waals surface area contributed by atoms with Crippen LogP contribution in [0.2, 0.25) is 0 Å². The highest BCUT2D eigenvalue weighted by molar-refractivity contribution is 6.17. The molecule has 0 fully saturated rings. The minimum absolute atomic E-state index is 0.147. The van der Waals surface area contributed by atoms with Crippen LogP contribution in [-0.2, 0) is 5.41 Å². The van der Waals surface area contributed by atoms with E-state index in [-0.39, 0.29) is 5.41 Å². The van der Waals surface area contributed by atoms with Gasteiger partial charge in [0.15, 0.2) is 6.17 Å². The Hall–Kier alpha value is -6.72. The molecule has 0 saturated heterocycles. The largest absolute Gasteiger partial charge is 0.456 e. The molecule has 3 heterocycles. The number of nitrogens with one attached hydrogen (secondary N) is 1.